The van der Waals surface area contributed by atoms with Crippen molar-refractivity contribution in [3.8, 4) is 17.2 Å². The second-order valence-electron chi connectivity index (χ2n) is 8.54. The van der Waals surface area contributed by atoms with Crippen LogP contribution >= 0.6 is 0 Å². The molecule has 9 nitrogen and oxygen atoms in total. The standard InChI is InChI=1S/C26H23F4N5O4/c1-13(31)23-22(24(37)32-12-20(36)35(2)15-6-4-14(27)5-7-15)34-25(39-23)17-8-10-18(38-3)21-16(17)9-11-19(33-21)26(28,29)30/h4-11,13H,12,31H2,1-3H3,(H,32,37)/t13-/m0/s1. The quantitative estimate of drug-likeness (QED) is 0.329. The lowest BCUT2D eigenvalue weighted by Crippen LogP contribution is -2.38. The molecule has 0 aliphatic rings. The summed E-state index contributed by atoms with van der Waals surface area (Å²) >= 11 is 0. The van der Waals surface area contributed by atoms with Crippen LogP contribution in [-0.4, -0.2) is 42.5 Å². The summed E-state index contributed by atoms with van der Waals surface area (Å²) in [6.45, 7) is 1.14. The zero-order chi connectivity index (χ0) is 28.5. The fraction of sp³-hybridized carbons (Fsp3) is 0.231. The number of anilines is 1. The number of aromatic nitrogens is 2. The first kappa shape index (κ1) is 27.5. The molecule has 0 unspecified atom stereocenters. The van der Waals surface area contributed by atoms with Crippen molar-refractivity contribution in [2.24, 2.45) is 5.73 Å². The number of amides is 2. The number of hydrogen-bond donors (Lipinski definition) is 2. The van der Waals surface area contributed by atoms with E-state index in [1.54, 1.807) is 6.92 Å². The molecule has 0 radical (unpaired) electrons. The first-order valence-electron chi connectivity index (χ1n) is 11.5. The van der Waals surface area contributed by atoms with E-state index in [0.717, 1.165) is 6.07 Å². The summed E-state index contributed by atoms with van der Waals surface area (Å²) in [5.74, 6) is -1.69. The number of pyridine rings is 1. The van der Waals surface area contributed by atoms with Crippen molar-refractivity contribution in [2.75, 3.05) is 25.6 Å². The molecule has 13 heteroatoms. The first-order valence-corrected chi connectivity index (χ1v) is 11.5. The summed E-state index contributed by atoms with van der Waals surface area (Å²) in [7, 11) is 2.77. The zero-order valence-corrected chi connectivity index (χ0v) is 21.0. The molecule has 204 valence electrons. The Labute approximate surface area is 219 Å². The maximum Gasteiger partial charge on any atom is 0.433 e. The Bertz CT molecular complexity index is 1530. The predicted octanol–water partition coefficient (Wildman–Crippen LogP) is 4.47. The average Bonchev–Trinajstić information content (AvgIpc) is 3.36. The number of nitrogens with zero attached hydrogens (tertiary/aromatic N) is 3. The number of fused-ring (bicyclic) bond motifs is 1. The van der Waals surface area contributed by atoms with Crippen LogP contribution in [-0.2, 0) is 11.0 Å². The maximum absolute atomic E-state index is 13.3. The normalized spacial score (nSPS) is 12.3. The summed E-state index contributed by atoms with van der Waals surface area (Å²) in [5.41, 5.74) is 5.28. The van der Waals surface area contributed by atoms with Gasteiger partial charge in [-0.2, -0.15) is 13.2 Å². The highest BCUT2D eigenvalue weighted by molar-refractivity contribution is 6.01. The van der Waals surface area contributed by atoms with E-state index in [-0.39, 0.29) is 39.6 Å². The van der Waals surface area contributed by atoms with E-state index in [4.69, 9.17) is 14.9 Å². The van der Waals surface area contributed by atoms with Crippen molar-refractivity contribution in [2.45, 2.75) is 19.1 Å². The van der Waals surface area contributed by atoms with Gasteiger partial charge in [0.25, 0.3) is 5.91 Å². The highest BCUT2D eigenvalue weighted by atomic mass is 19.4. The van der Waals surface area contributed by atoms with Crippen LogP contribution in [0.25, 0.3) is 22.4 Å². The van der Waals surface area contributed by atoms with Gasteiger partial charge in [0.05, 0.1) is 19.7 Å². The number of alkyl halides is 3. The Morgan fingerprint density at radius 2 is 1.79 bits per heavy atom. The minimum Gasteiger partial charge on any atom is -0.494 e. The van der Waals surface area contributed by atoms with Gasteiger partial charge in [-0.25, -0.2) is 14.4 Å². The van der Waals surface area contributed by atoms with Crippen molar-refractivity contribution in [3.05, 3.63) is 71.5 Å². The monoisotopic (exact) mass is 545 g/mol. The molecule has 0 spiro atoms. The van der Waals surface area contributed by atoms with Crippen molar-refractivity contribution in [1.29, 1.82) is 0 Å². The number of likely N-dealkylation sites (N-methyl/N-ethyl adjacent to an activating group) is 1. The Morgan fingerprint density at radius 3 is 2.41 bits per heavy atom. The van der Waals surface area contributed by atoms with Crippen LogP contribution in [0.4, 0.5) is 23.2 Å². The van der Waals surface area contributed by atoms with Gasteiger partial charge >= 0.3 is 6.18 Å². The van der Waals surface area contributed by atoms with Crippen LogP contribution in [0.1, 0.15) is 34.9 Å². The zero-order valence-electron chi connectivity index (χ0n) is 21.0. The van der Waals surface area contributed by atoms with Crippen molar-refractivity contribution in [3.63, 3.8) is 0 Å². The molecule has 2 heterocycles. The Kier molecular flexibility index (Phi) is 7.54. The van der Waals surface area contributed by atoms with E-state index in [9.17, 15) is 27.2 Å². The van der Waals surface area contributed by atoms with Crippen LogP contribution in [0.5, 0.6) is 5.75 Å². The van der Waals surface area contributed by atoms with Crippen molar-refractivity contribution >= 4 is 28.4 Å². The van der Waals surface area contributed by atoms with E-state index >= 15 is 0 Å². The van der Waals surface area contributed by atoms with Gasteiger partial charge in [0.15, 0.2) is 11.5 Å². The van der Waals surface area contributed by atoms with E-state index in [1.165, 1.54) is 61.5 Å². The summed E-state index contributed by atoms with van der Waals surface area (Å²) in [4.78, 5) is 34.7. The van der Waals surface area contributed by atoms with Gasteiger partial charge in [0.2, 0.25) is 11.8 Å². The lowest BCUT2D eigenvalue weighted by molar-refractivity contribution is -0.141. The molecule has 0 saturated carbocycles. The minimum atomic E-state index is -4.67. The predicted molar refractivity (Wildman–Crippen MR) is 134 cm³/mol. The second-order valence-corrected chi connectivity index (χ2v) is 8.54. The molecule has 4 rings (SSSR count). The first-order chi connectivity index (χ1) is 18.4. The molecule has 39 heavy (non-hydrogen) atoms. The molecule has 2 amide bonds. The third-order valence-electron chi connectivity index (χ3n) is 5.83. The number of nitrogens with one attached hydrogen (secondary N) is 1. The van der Waals surface area contributed by atoms with Gasteiger partial charge in [-0.1, -0.05) is 0 Å². The number of benzene rings is 2. The van der Waals surface area contributed by atoms with Crippen LogP contribution < -0.4 is 20.7 Å². The minimum absolute atomic E-state index is 0.00526. The third-order valence-corrected chi connectivity index (χ3v) is 5.83. The maximum atomic E-state index is 13.3. The number of carbonyl (C=O) groups is 2. The van der Waals surface area contributed by atoms with E-state index in [1.807, 2.05) is 0 Å². The molecule has 2 aromatic carbocycles. The summed E-state index contributed by atoms with van der Waals surface area (Å²) in [6, 6.07) is 9.39. The summed E-state index contributed by atoms with van der Waals surface area (Å²) < 4.78 is 63.9. The highest BCUT2D eigenvalue weighted by Gasteiger charge is 2.33. The second kappa shape index (κ2) is 10.7. The SMILES string of the molecule is COc1ccc(-c2nc(C(=O)NCC(=O)N(C)c3ccc(F)cc3)c([C@H](C)N)o2)c2ccc(C(F)(F)F)nc12. The lowest BCUT2D eigenvalue weighted by Gasteiger charge is -2.17. The number of carbonyl (C=O) groups excluding carboxylic acids is 2. The fourth-order valence-electron chi connectivity index (χ4n) is 3.79. The van der Waals surface area contributed by atoms with E-state index in [0.29, 0.717) is 5.69 Å². The summed E-state index contributed by atoms with van der Waals surface area (Å²) in [6.07, 6.45) is -4.67. The van der Waals surface area contributed by atoms with Crippen LogP contribution in [0.2, 0.25) is 0 Å². The number of hydrogen-bond acceptors (Lipinski definition) is 7. The largest absolute Gasteiger partial charge is 0.494 e. The van der Waals surface area contributed by atoms with Crippen molar-refractivity contribution < 1.29 is 36.3 Å². The van der Waals surface area contributed by atoms with Crippen LogP contribution in [0, 0.1) is 5.82 Å². The number of halogens is 4. The van der Waals surface area contributed by atoms with Crippen LogP contribution in [0.15, 0.2) is 52.9 Å². The Morgan fingerprint density at radius 1 is 1.10 bits per heavy atom. The molecule has 0 aliphatic carbocycles. The molecule has 4 aromatic rings. The van der Waals surface area contributed by atoms with E-state index < -0.39 is 42.1 Å². The molecule has 0 aliphatic heterocycles. The van der Waals surface area contributed by atoms with Gasteiger partial charge in [-0.05, 0) is 55.5 Å². The number of oxazole rings is 1. The smallest absolute Gasteiger partial charge is 0.433 e. The molecule has 0 saturated heterocycles. The van der Waals surface area contributed by atoms with Gasteiger partial charge in [-0.3, -0.25) is 9.59 Å². The Hall–Kier alpha value is -4.52. The molecule has 3 N–H and O–H groups in total. The van der Waals surface area contributed by atoms with Crippen LogP contribution in [0.3, 0.4) is 0 Å². The molecule has 0 fully saturated rings. The van der Waals surface area contributed by atoms with E-state index in [2.05, 4.69) is 15.3 Å². The van der Waals surface area contributed by atoms with Gasteiger partial charge < -0.3 is 25.1 Å². The highest BCUT2D eigenvalue weighted by Crippen LogP contribution is 2.37. The summed E-state index contributed by atoms with van der Waals surface area (Å²) in [5, 5.41) is 2.70. The van der Waals surface area contributed by atoms with Gasteiger partial charge in [0.1, 0.15) is 22.8 Å². The van der Waals surface area contributed by atoms with Crippen molar-refractivity contribution in [1.82, 2.24) is 15.3 Å². The third kappa shape index (κ3) is 5.67. The molecular weight excluding hydrogens is 522 g/mol. The van der Waals surface area contributed by atoms with Gasteiger partial charge in [-0.15, -0.1) is 0 Å². The fourth-order valence-corrected chi connectivity index (χ4v) is 3.79. The molecule has 2 aromatic heterocycles. The lowest BCUT2D eigenvalue weighted by atomic mass is 10.1. The molecule has 0 bridgehead atoms. The Balaban J connectivity index is 1.64. The number of rotatable bonds is 7. The number of methoxy groups -OCH3 is 1. The van der Waals surface area contributed by atoms with Gasteiger partial charge in [0, 0.05) is 23.7 Å². The molecular formula is C26H23F4N5O4. The topological polar surface area (TPSA) is 124 Å². The molecule has 1 atom stereocenters. The number of nitrogens with two attached hydrogens (primary N) is 1. The number of ether oxygens (including phenoxy) is 1. The average molecular weight is 545 g/mol.